The summed E-state index contributed by atoms with van der Waals surface area (Å²) in [5.74, 6) is -0.0647. The lowest BCUT2D eigenvalue weighted by Crippen LogP contribution is -3.14. The SMILES string of the molecule is Cc1ccc(S(=O)(=O)NCCC[NH+]2CCOCC2)cc1C(=O)N1CCCCC1. The van der Waals surface area contributed by atoms with Gasteiger partial charge in [0, 0.05) is 31.6 Å². The first-order valence-corrected chi connectivity index (χ1v) is 11.8. The number of benzene rings is 1. The molecule has 0 aromatic heterocycles. The van der Waals surface area contributed by atoms with E-state index in [9.17, 15) is 13.2 Å². The summed E-state index contributed by atoms with van der Waals surface area (Å²) in [4.78, 5) is 16.3. The number of likely N-dealkylation sites (tertiary alicyclic amines) is 1. The Balaban J connectivity index is 1.60. The molecule has 2 N–H and O–H groups in total. The van der Waals surface area contributed by atoms with Gasteiger partial charge in [-0.1, -0.05) is 6.07 Å². The van der Waals surface area contributed by atoms with Gasteiger partial charge in [0.2, 0.25) is 10.0 Å². The highest BCUT2D eigenvalue weighted by Crippen LogP contribution is 2.19. The molecule has 0 aliphatic carbocycles. The molecule has 8 heteroatoms. The van der Waals surface area contributed by atoms with Crippen molar-refractivity contribution in [2.75, 3.05) is 52.5 Å². The number of rotatable bonds is 7. The molecule has 2 fully saturated rings. The highest BCUT2D eigenvalue weighted by atomic mass is 32.2. The van der Waals surface area contributed by atoms with Gasteiger partial charge in [-0.15, -0.1) is 0 Å². The molecule has 2 saturated heterocycles. The van der Waals surface area contributed by atoms with Crippen molar-refractivity contribution in [2.45, 2.75) is 37.5 Å². The number of quaternary nitrogens is 1. The van der Waals surface area contributed by atoms with Crippen LogP contribution < -0.4 is 9.62 Å². The van der Waals surface area contributed by atoms with Gasteiger partial charge in [-0.05, 0) is 43.9 Å². The summed E-state index contributed by atoms with van der Waals surface area (Å²) in [6, 6.07) is 4.84. The number of nitrogens with one attached hydrogen (secondary N) is 2. The van der Waals surface area contributed by atoms with Crippen molar-refractivity contribution in [2.24, 2.45) is 0 Å². The van der Waals surface area contributed by atoms with Crippen LogP contribution in [0.3, 0.4) is 0 Å². The number of nitrogens with zero attached hydrogens (tertiary/aromatic N) is 1. The average Bonchev–Trinajstić information content (AvgIpc) is 2.72. The monoisotopic (exact) mass is 410 g/mol. The van der Waals surface area contributed by atoms with Crippen LogP contribution in [0.4, 0.5) is 0 Å². The minimum Gasteiger partial charge on any atom is -0.370 e. The zero-order chi connectivity index (χ0) is 20.0. The number of hydrogen-bond acceptors (Lipinski definition) is 4. The first kappa shape index (κ1) is 21.2. The average molecular weight is 411 g/mol. The molecule has 0 unspecified atom stereocenters. The molecule has 0 bridgehead atoms. The van der Waals surface area contributed by atoms with Crippen molar-refractivity contribution >= 4 is 15.9 Å². The molecule has 0 spiro atoms. The second-order valence-electron chi connectivity index (χ2n) is 7.69. The van der Waals surface area contributed by atoms with Gasteiger partial charge >= 0.3 is 0 Å². The predicted octanol–water partition coefficient (Wildman–Crippen LogP) is 0.205. The standard InChI is InChI=1S/C20H31N3O4S/c1-17-6-7-18(16-19(17)20(24)23-10-3-2-4-11-23)28(25,26)21-8-5-9-22-12-14-27-15-13-22/h6-7,16,21H,2-5,8-15H2,1H3/p+1. The molecule has 7 nitrogen and oxygen atoms in total. The summed E-state index contributed by atoms with van der Waals surface area (Å²) >= 11 is 0. The lowest BCUT2D eigenvalue weighted by molar-refractivity contribution is -0.908. The minimum atomic E-state index is -3.62. The van der Waals surface area contributed by atoms with Crippen molar-refractivity contribution in [3.63, 3.8) is 0 Å². The summed E-state index contributed by atoms with van der Waals surface area (Å²) < 4.78 is 33.4. The maximum absolute atomic E-state index is 12.8. The Morgan fingerprint density at radius 1 is 1.18 bits per heavy atom. The third kappa shape index (κ3) is 5.53. The Bertz CT molecular complexity index is 770. The smallest absolute Gasteiger partial charge is 0.254 e. The van der Waals surface area contributed by atoms with Crippen LogP contribution in [0.25, 0.3) is 0 Å². The lowest BCUT2D eigenvalue weighted by Gasteiger charge is -2.27. The largest absolute Gasteiger partial charge is 0.370 e. The number of carbonyl (C=O) groups excluding carboxylic acids is 1. The third-order valence-corrected chi connectivity index (χ3v) is 7.05. The molecule has 0 radical (unpaired) electrons. The maximum Gasteiger partial charge on any atom is 0.254 e. The number of aryl methyl sites for hydroxylation is 1. The van der Waals surface area contributed by atoms with E-state index in [1.54, 1.807) is 12.1 Å². The van der Waals surface area contributed by atoms with Gasteiger partial charge < -0.3 is 14.5 Å². The van der Waals surface area contributed by atoms with Crippen LogP contribution >= 0.6 is 0 Å². The quantitative estimate of drug-likeness (QED) is 0.630. The first-order valence-electron chi connectivity index (χ1n) is 10.3. The molecule has 28 heavy (non-hydrogen) atoms. The molecular formula is C20H32N3O4S+. The van der Waals surface area contributed by atoms with Crippen molar-refractivity contribution in [3.05, 3.63) is 29.3 Å². The second kappa shape index (κ2) is 9.82. The highest BCUT2D eigenvalue weighted by molar-refractivity contribution is 7.89. The van der Waals surface area contributed by atoms with E-state index in [0.29, 0.717) is 12.1 Å². The number of hydrogen-bond donors (Lipinski definition) is 2. The number of sulfonamides is 1. The Morgan fingerprint density at radius 2 is 1.89 bits per heavy atom. The number of morpholine rings is 1. The molecule has 156 valence electrons. The van der Waals surface area contributed by atoms with Crippen LogP contribution in [0.2, 0.25) is 0 Å². The zero-order valence-corrected chi connectivity index (χ0v) is 17.5. The van der Waals surface area contributed by atoms with E-state index in [1.165, 1.54) is 11.0 Å². The predicted molar refractivity (Wildman–Crippen MR) is 107 cm³/mol. The maximum atomic E-state index is 12.8. The highest BCUT2D eigenvalue weighted by Gasteiger charge is 2.23. The fraction of sp³-hybridized carbons (Fsp3) is 0.650. The Morgan fingerprint density at radius 3 is 2.61 bits per heavy atom. The summed E-state index contributed by atoms with van der Waals surface area (Å²) in [5.41, 5.74) is 1.30. The molecule has 3 rings (SSSR count). The van der Waals surface area contributed by atoms with Crippen LogP contribution in [0.1, 0.15) is 41.6 Å². The van der Waals surface area contributed by atoms with Gasteiger partial charge in [0.05, 0.1) is 24.7 Å². The van der Waals surface area contributed by atoms with Crippen LogP contribution in [-0.4, -0.2) is 71.7 Å². The number of amides is 1. The summed E-state index contributed by atoms with van der Waals surface area (Å²) in [5, 5.41) is 0. The molecule has 1 aromatic rings. The summed E-state index contributed by atoms with van der Waals surface area (Å²) in [7, 11) is -3.62. The summed E-state index contributed by atoms with van der Waals surface area (Å²) in [6.45, 7) is 8.19. The Labute approximate surface area is 168 Å². The van der Waals surface area contributed by atoms with E-state index >= 15 is 0 Å². The van der Waals surface area contributed by atoms with Crippen LogP contribution in [0, 0.1) is 6.92 Å². The van der Waals surface area contributed by atoms with E-state index in [-0.39, 0.29) is 10.8 Å². The van der Waals surface area contributed by atoms with E-state index in [1.807, 2.05) is 11.8 Å². The van der Waals surface area contributed by atoms with Crippen molar-refractivity contribution in [1.82, 2.24) is 9.62 Å². The molecule has 1 amide bonds. The van der Waals surface area contributed by atoms with Crippen molar-refractivity contribution in [1.29, 1.82) is 0 Å². The number of carbonyl (C=O) groups is 1. The first-order chi connectivity index (χ1) is 13.5. The second-order valence-corrected chi connectivity index (χ2v) is 9.46. The number of piperidine rings is 1. The normalized spacial score (nSPS) is 19.0. The van der Waals surface area contributed by atoms with Gasteiger partial charge in [-0.25, -0.2) is 13.1 Å². The fourth-order valence-electron chi connectivity index (χ4n) is 3.80. The van der Waals surface area contributed by atoms with Crippen LogP contribution in [0.15, 0.2) is 23.1 Å². The molecular weight excluding hydrogens is 378 g/mol. The third-order valence-electron chi connectivity index (χ3n) is 5.59. The van der Waals surface area contributed by atoms with Gasteiger partial charge in [0.15, 0.2) is 0 Å². The zero-order valence-electron chi connectivity index (χ0n) is 16.7. The van der Waals surface area contributed by atoms with Crippen LogP contribution in [0.5, 0.6) is 0 Å². The Hall–Kier alpha value is -1.48. The molecule has 0 atom stereocenters. The molecule has 2 heterocycles. The molecule has 2 aliphatic rings. The van der Waals surface area contributed by atoms with Gasteiger partial charge in [0.1, 0.15) is 13.1 Å². The minimum absolute atomic E-state index is 0.0647. The van der Waals surface area contributed by atoms with Crippen molar-refractivity contribution in [3.8, 4) is 0 Å². The lowest BCUT2D eigenvalue weighted by atomic mass is 10.1. The van der Waals surface area contributed by atoms with E-state index < -0.39 is 10.0 Å². The van der Waals surface area contributed by atoms with Crippen molar-refractivity contribution < 1.29 is 22.8 Å². The molecule has 2 aliphatic heterocycles. The number of ether oxygens (including phenoxy) is 1. The Kier molecular flexibility index (Phi) is 7.45. The van der Waals surface area contributed by atoms with Gasteiger partial charge in [-0.2, -0.15) is 0 Å². The van der Waals surface area contributed by atoms with Gasteiger partial charge in [0.25, 0.3) is 5.91 Å². The molecule has 1 aromatic carbocycles. The van der Waals surface area contributed by atoms with Gasteiger partial charge in [-0.3, -0.25) is 4.79 Å². The van der Waals surface area contributed by atoms with Crippen LogP contribution in [-0.2, 0) is 14.8 Å². The fourth-order valence-corrected chi connectivity index (χ4v) is 4.90. The van der Waals surface area contributed by atoms with E-state index in [2.05, 4.69) is 4.72 Å². The molecule has 0 saturated carbocycles. The summed E-state index contributed by atoms with van der Waals surface area (Å²) in [6.07, 6.45) is 3.94. The van der Waals surface area contributed by atoms with E-state index in [4.69, 9.17) is 4.74 Å². The topological polar surface area (TPSA) is 80.1 Å². The van der Waals surface area contributed by atoms with E-state index in [0.717, 1.165) is 77.2 Å².